The second kappa shape index (κ2) is 7.32. The van der Waals surface area contributed by atoms with Crippen LogP contribution in [0.1, 0.15) is 17.5 Å². The molecule has 1 atom stereocenters. The number of non-ortho nitro benzene ring substituents is 1. The summed E-state index contributed by atoms with van der Waals surface area (Å²) in [6.45, 7) is 0.358. The molecule has 2 aromatic rings. The summed E-state index contributed by atoms with van der Waals surface area (Å²) in [6, 6.07) is 9.79. The van der Waals surface area contributed by atoms with E-state index in [1.807, 2.05) is 0 Å². The largest absolute Gasteiger partial charge is 0.508 e. The lowest BCUT2D eigenvalue weighted by Gasteiger charge is -2.24. The molecule has 1 aliphatic heterocycles. The van der Waals surface area contributed by atoms with Crippen LogP contribution >= 0.6 is 0 Å². The third-order valence-electron chi connectivity index (χ3n) is 4.32. The van der Waals surface area contributed by atoms with E-state index in [2.05, 4.69) is 5.32 Å². The highest BCUT2D eigenvalue weighted by Gasteiger charge is 2.31. The van der Waals surface area contributed by atoms with Crippen molar-refractivity contribution in [3.05, 3.63) is 63.7 Å². The molecule has 9 heteroatoms. The number of aromatic hydroxyl groups is 1. The first-order valence-corrected chi connectivity index (χ1v) is 8.22. The minimum absolute atomic E-state index is 0.0825. The molecule has 27 heavy (non-hydrogen) atoms. The Morgan fingerprint density at radius 2 is 2.00 bits per heavy atom. The summed E-state index contributed by atoms with van der Waals surface area (Å²) in [4.78, 5) is 36.4. The number of rotatable bonds is 5. The molecule has 4 N–H and O–H groups in total. The first kappa shape index (κ1) is 18.2. The molecule has 2 aromatic carbocycles. The average Bonchev–Trinajstić information content (AvgIpc) is 2.73. The zero-order valence-corrected chi connectivity index (χ0v) is 14.3. The van der Waals surface area contributed by atoms with Crippen LogP contribution in [0.25, 0.3) is 0 Å². The van der Waals surface area contributed by atoms with Crippen LogP contribution < -0.4 is 11.1 Å². The molecular formula is C18H18N4O5. The summed E-state index contributed by atoms with van der Waals surface area (Å²) in [5, 5.41) is 23.5. The minimum Gasteiger partial charge on any atom is -0.508 e. The zero-order chi connectivity index (χ0) is 19.6. The number of anilines is 1. The lowest BCUT2D eigenvalue weighted by molar-refractivity contribution is -0.384. The predicted molar refractivity (Wildman–Crippen MR) is 96.7 cm³/mol. The van der Waals surface area contributed by atoms with Crippen molar-refractivity contribution in [2.24, 2.45) is 5.73 Å². The van der Waals surface area contributed by atoms with Crippen LogP contribution in [0.5, 0.6) is 5.75 Å². The number of nitrogens with one attached hydrogen (secondary N) is 1. The summed E-state index contributed by atoms with van der Waals surface area (Å²) < 4.78 is 0. The number of carbonyl (C=O) groups is 2. The predicted octanol–water partition coefficient (Wildman–Crippen LogP) is 1.50. The maximum Gasteiger partial charge on any atom is 0.269 e. The number of benzene rings is 2. The van der Waals surface area contributed by atoms with Gasteiger partial charge in [0.05, 0.1) is 11.3 Å². The van der Waals surface area contributed by atoms with Crippen molar-refractivity contribution in [1.82, 2.24) is 4.90 Å². The van der Waals surface area contributed by atoms with Crippen LogP contribution in [0, 0.1) is 10.1 Å². The number of phenols is 1. The van der Waals surface area contributed by atoms with Crippen molar-refractivity contribution in [1.29, 1.82) is 0 Å². The average molecular weight is 370 g/mol. The van der Waals surface area contributed by atoms with Gasteiger partial charge in [-0.1, -0.05) is 12.1 Å². The number of hydrogen-bond donors (Lipinski definition) is 3. The SMILES string of the molecule is NC(=O)C[C@@H]1Nc2ccc([N+](=O)[O-])cc2CN(Cc2ccc(O)cc2)C1=O. The van der Waals surface area contributed by atoms with Crippen molar-refractivity contribution in [3.8, 4) is 5.75 Å². The Labute approximate surface area is 154 Å². The zero-order valence-electron chi connectivity index (χ0n) is 14.3. The van der Waals surface area contributed by atoms with Gasteiger partial charge in [-0.05, 0) is 23.8 Å². The fourth-order valence-electron chi connectivity index (χ4n) is 3.01. The van der Waals surface area contributed by atoms with Gasteiger partial charge >= 0.3 is 0 Å². The number of hydrogen-bond acceptors (Lipinski definition) is 6. The molecule has 0 saturated carbocycles. The molecule has 0 aliphatic carbocycles. The Hall–Kier alpha value is -3.62. The highest BCUT2D eigenvalue weighted by atomic mass is 16.6. The van der Waals surface area contributed by atoms with E-state index in [1.165, 1.54) is 35.2 Å². The fourth-order valence-corrected chi connectivity index (χ4v) is 3.01. The number of amides is 2. The number of nitro benzene ring substituents is 1. The molecule has 2 amide bonds. The van der Waals surface area contributed by atoms with Crippen molar-refractivity contribution in [3.63, 3.8) is 0 Å². The quantitative estimate of drug-likeness (QED) is 0.538. The van der Waals surface area contributed by atoms with Crippen molar-refractivity contribution >= 4 is 23.2 Å². The normalized spacial score (nSPS) is 16.2. The molecule has 0 aromatic heterocycles. The Morgan fingerprint density at radius 1 is 1.30 bits per heavy atom. The lowest BCUT2D eigenvalue weighted by atomic mass is 10.1. The number of carbonyl (C=O) groups excluding carboxylic acids is 2. The number of phenolic OH excluding ortho intramolecular Hbond substituents is 1. The van der Waals surface area contributed by atoms with Crippen LogP contribution in [0.3, 0.4) is 0 Å². The van der Waals surface area contributed by atoms with E-state index in [-0.39, 0.29) is 36.9 Å². The van der Waals surface area contributed by atoms with E-state index in [4.69, 9.17) is 5.73 Å². The van der Waals surface area contributed by atoms with Crippen LogP contribution in [-0.4, -0.2) is 32.8 Å². The van der Waals surface area contributed by atoms with Crippen molar-refractivity contribution in [2.45, 2.75) is 25.6 Å². The number of nitro groups is 1. The molecule has 0 bridgehead atoms. The summed E-state index contributed by atoms with van der Waals surface area (Å²) >= 11 is 0. The topological polar surface area (TPSA) is 139 Å². The van der Waals surface area contributed by atoms with Gasteiger partial charge in [-0.25, -0.2) is 0 Å². The van der Waals surface area contributed by atoms with Crippen molar-refractivity contribution in [2.75, 3.05) is 5.32 Å². The smallest absolute Gasteiger partial charge is 0.269 e. The molecule has 0 spiro atoms. The van der Waals surface area contributed by atoms with E-state index in [1.54, 1.807) is 12.1 Å². The number of nitrogens with zero attached hydrogens (tertiary/aromatic N) is 2. The third kappa shape index (κ3) is 4.14. The first-order chi connectivity index (χ1) is 12.8. The molecule has 0 saturated heterocycles. The van der Waals surface area contributed by atoms with Gasteiger partial charge in [0.15, 0.2) is 0 Å². The van der Waals surface area contributed by atoms with Gasteiger partial charge in [0.1, 0.15) is 11.8 Å². The molecular weight excluding hydrogens is 352 g/mol. The van der Waals surface area contributed by atoms with Gasteiger partial charge in [-0.2, -0.15) is 0 Å². The Morgan fingerprint density at radius 3 is 2.63 bits per heavy atom. The second-order valence-electron chi connectivity index (χ2n) is 6.33. The first-order valence-electron chi connectivity index (χ1n) is 8.22. The number of nitrogens with two attached hydrogens (primary N) is 1. The van der Waals surface area contributed by atoms with Gasteiger partial charge in [-0.15, -0.1) is 0 Å². The minimum atomic E-state index is -0.859. The Balaban J connectivity index is 1.96. The van der Waals surface area contributed by atoms with Gasteiger partial charge in [0.25, 0.3) is 5.69 Å². The highest BCUT2D eigenvalue weighted by Crippen LogP contribution is 2.28. The molecule has 0 radical (unpaired) electrons. The summed E-state index contributed by atoms with van der Waals surface area (Å²) in [7, 11) is 0. The molecule has 9 nitrogen and oxygen atoms in total. The van der Waals surface area contributed by atoms with Gasteiger partial charge in [0.2, 0.25) is 11.8 Å². The Kier molecular flexibility index (Phi) is 4.93. The van der Waals surface area contributed by atoms with Gasteiger partial charge in [-0.3, -0.25) is 19.7 Å². The fraction of sp³-hybridized carbons (Fsp3) is 0.222. The molecule has 0 fully saturated rings. The summed E-state index contributed by atoms with van der Waals surface area (Å²) in [5.41, 5.74) is 7.08. The third-order valence-corrected chi connectivity index (χ3v) is 4.32. The Bertz CT molecular complexity index is 897. The maximum atomic E-state index is 12.9. The molecule has 1 aliphatic rings. The van der Waals surface area contributed by atoms with E-state index in [0.717, 1.165) is 5.56 Å². The van der Waals surface area contributed by atoms with Gasteiger partial charge < -0.3 is 21.1 Å². The second-order valence-corrected chi connectivity index (χ2v) is 6.33. The van der Waals surface area contributed by atoms with Crippen LogP contribution in [0.4, 0.5) is 11.4 Å². The molecule has 1 heterocycles. The lowest BCUT2D eigenvalue weighted by Crippen LogP contribution is -2.42. The standard InChI is InChI=1S/C18H18N4O5/c19-17(24)8-16-18(25)21(9-11-1-4-14(23)5-2-11)10-12-7-13(22(26)27)3-6-15(12)20-16/h1-7,16,20,23H,8-10H2,(H2,19,24)/t16-/m0/s1. The monoisotopic (exact) mass is 370 g/mol. The van der Waals surface area contributed by atoms with Crippen molar-refractivity contribution < 1.29 is 19.6 Å². The van der Waals surface area contributed by atoms with E-state index < -0.39 is 16.9 Å². The molecule has 3 rings (SSSR count). The number of fused-ring (bicyclic) bond motifs is 1. The summed E-state index contributed by atoms with van der Waals surface area (Å²) in [6.07, 6.45) is -0.193. The van der Waals surface area contributed by atoms with E-state index in [9.17, 15) is 24.8 Å². The summed E-state index contributed by atoms with van der Waals surface area (Å²) in [5.74, 6) is -0.855. The van der Waals surface area contributed by atoms with Gasteiger partial charge in [0, 0.05) is 36.5 Å². The van der Waals surface area contributed by atoms with Crippen LogP contribution in [0.2, 0.25) is 0 Å². The van der Waals surface area contributed by atoms with E-state index in [0.29, 0.717) is 11.3 Å². The van der Waals surface area contributed by atoms with E-state index >= 15 is 0 Å². The molecule has 140 valence electrons. The number of primary amides is 1. The van der Waals surface area contributed by atoms with Crippen LogP contribution in [-0.2, 0) is 22.7 Å². The van der Waals surface area contributed by atoms with Crippen LogP contribution in [0.15, 0.2) is 42.5 Å². The molecule has 0 unspecified atom stereocenters. The highest BCUT2D eigenvalue weighted by molar-refractivity contribution is 5.91. The maximum absolute atomic E-state index is 12.9.